The lowest BCUT2D eigenvalue weighted by atomic mass is 10.0. The van der Waals surface area contributed by atoms with Gasteiger partial charge in [0.15, 0.2) is 0 Å². The summed E-state index contributed by atoms with van der Waals surface area (Å²) in [6.45, 7) is -2.12. The maximum absolute atomic E-state index is 7.61. The van der Waals surface area contributed by atoms with Crippen LogP contribution in [-0.4, -0.2) is 0 Å². The molecule has 2 rings (SSSR count). The predicted octanol–water partition coefficient (Wildman–Crippen LogP) is 4.42. The van der Waals surface area contributed by atoms with Crippen molar-refractivity contribution in [2.45, 2.75) is 6.85 Å². The van der Waals surface area contributed by atoms with E-state index in [1.807, 2.05) is 42.5 Å². The van der Waals surface area contributed by atoms with Gasteiger partial charge in [-0.15, -0.1) is 0 Å². The number of benzene rings is 2. The van der Waals surface area contributed by atoms with E-state index < -0.39 is 6.85 Å². The standard InChI is InChI=1S/C13H11Br/c1-10-12(8-5-9-13(10)14)11-6-3-2-4-7-11/h2-9H,1H3/i1D3. The van der Waals surface area contributed by atoms with Crippen LogP contribution < -0.4 is 0 Å². The second kappa shape index (κ2) is 3.97. The molecule has 0 fully saturated rings. The van der Waals surface area contributed by atoms with Crippen LogP contribution in [0, 0.1) is 6.85 Å². The maximum Gasteiger partial charge on any atom is 0.0280 e. The van der Waals surface area contributed by atoms with Crippen LogP contribution in [0.2, 0.25) is 0 Å². The van der Waals surface area contributed by atoms with E-state index in [-0.39, 0.29) is 0 Å². The zero-order chi connectivity index (χ0) is 12.5. The lowest BCUT2D eigenvalue weighted by Crippen LogP contribution is -1.83. The molecule has 0 aliphatic carbocycles. The van der Waals surface area contributed by atoms with Crippen molar-refractivity contribution >= 4 is 15.9 Å². The molecule has 0 saturated heterocycles. The molecule has 0 aliphatic rings. The van der Waals surface area contributed by atoms with Crippen molar-refractivity contribution in [3.8, 4) is 11.1 Å². The molecule has 0 saturated carbocycles. The molecule has 2 aromatic carbocycles. The molecule has 0 heterocycles. The summed E-state index contributed by atoms with van der Waals surface area (Å²) in [5.41, 5.74) is 2.03. The third-order valence-electron chi connectivity index (χ3n) is 2.10. The van der Waals surface area contributed by atoms with E-state index in [9.17, 15) is 0 Å². The predicted molar refractivity (Wildman–Crippen MR) is 64.3 cm³/mol. The van der Waals surface area contributed by atoms with E-state index >= 15 is 0 Å². The summed E-state index contributed by atoms with van der Waals surface area (Å²) in [5, 5.41) is 0. The van der Waals surface area contributed by atoms with Gasteiger partial charge < -0.3 is 0 Å². The second-order valence-electron chi connectivity index (χ2n) is 3.03. The quantitative estimate of drug-likeness (QED) is 0.702. The fraction of sp³-hybridized carbons (Fsp3) is 0.0769. The largest absolute Gasteiger partial charge is 0.0622 e. The normalized spacial score (nSPS) is 14.2. The summed E-state index contributed by atoms with van der Waals surface area (Å²) in [7, 11) is 0. The molecule has 0 unspecified atom stereocenters. The Morgan fingerprint density at radius 1 is 1.00 bits per heavy atom. The molecule has 70 valence electrons. The van der Waals surface area contributed by atoms with Crippen LogP contribution in [0.1, 0.15) is 9.68 Å². The molecule has 0 bridgehead atoms. The van der Waals surface area contributed by atoms with E-state index in [1.165, 1.54) is 0 Å². The van der Waals surface area contributed by atoms with Gasteiger partial charge in [0.2, 0.25) is 0 Å². The lowest BCUT2D eigenvalue weighted by molar-refractivity contribution is 1.42. The summed E-state index contributed by atoms with van der Waals surface area (Å²) < 4.78 is 23.4. The zero-order valence-electron chi connectivity index (χ0n) is 10.5. The minimum absolute atomic E-state index is 0.367. The van der Waals surface area contributed by atoms with Crippen molar-refractivity contribution < 1.29 is 4.11 Å². The van der Waals surface area contributed by atoms with Crippen molar-refractivity contribution in [3.05, 3.63) is 58.6 Å². The molecule has 1 heteroatoms. The van der Waals surface area contributed by atoms with E-state index in [4.69, 9.17) is 4.11 Å². The lowest BCUT2D eigenvalue weighted by Gasteiger charge is -2.07. The summed E-state index contributed by atoms with van der Waals surface area (Å²) in [5.74, 6) is 0. The van der Waals surface area contributed by atoms with Gasteiger partial charge in [-0.2, -0.15) is 0 Å². The Morgan fingerprint density at radius 3 is 2.50 bits per heavy atom. The monoisotopic (exact) mass is 249 g/mol. The first-order valence-corrected chi connectivity index (χ1v) is 5.14. The summed E-state index contributed by atoms with van der Waals surface area (Å²) in [6, 6.07) is 15.0. The minimum atomic E-state index is -2.12. The fourth-order valence-electron chi connectivity index (χ4n) is 1.38. The number of rotatable bonds is 1. The van der Waals surface area contributed by atoms with Crippen LogP contribution in [0.5, 0.6) is 0 Å². The Balaban J connectivity index is 2.67. The van der Waals surface area contributed by atoms with E-state index in [0.29, 0.717) is 10.0 Å². The Morgan fingerprint density at radius 2 is 1.79 bits per heavy atom. The van der Waals surface area contributed by atoms with Gasteiger partial charge in [0.25, 0.3) is 0 Å². The summed E-state index contributed by atoms with van der Waals surface area (Å²) in [6.07, 6.45) is 0. The fourth-order valence-corrected chi connectivity index (χ4v) is 1.75. The molecule has 0 atom stereocenters. The average Bonchev–Trinajstić information content (AvgIpc) is 2.28. The molecule has 2 aromatic rings. The van der Waals surface area contributed by atoms with Gasteiger partial charge in [0.05, 0.1) is 0 Å². The Labute approximate surface area is 96.9 Å². The van der Waals surface area contributed by atoms with E-state index in [2.05, 4.69) is 15.9 Å². The van der Waals surface area contributed by atoms with Crippen LogP contribution in [-0.2, 0) is 0 Å². The first-order valence-electron chi connectivity index (χ1n) is 5.84. The smallest absolute Gasteiger partial charge is 0.0280 e. The first-order chi connectivity index (χ1) is 8.00. The van der Waals surface area contributed by atoms with Crippen molar-refractivity contribution in [2.75, 3.05) is 0 Å². The van der Waals surface area contributed by atoms with Crippen LogP contribution in [0.15, 0.2) is 53.0 Å². The molecule has 0 N–H and O–H groups in total. The Kier molecular flexibility index (Phi) is 1.82. The third kappa shape index (κ3) is 1.73. The van der Waals surface area contributed by atoms with Crippen molar-refractivity contribution in [1.29, 1.82) is 0 Å². The SMILES string of the molecule is [2H]C([2H])([2H])c1c(Br)cccc1-c1ccccc1. The molecule has 0 aliphatic heterocycles. The Hall–Kier alpha value is -1.08. The summed E-state index contributed by atoms with van der Waals surface area (Å²) in [4.78, 5) is 0. The van der Waals surface area contributed by atoms with Gasteiger partial charge in [0, 0.05) is 8.58 Å². The highest BCUT2D eigenvalue weighted by molar-refractivity contribution is 9.10. The molecule has 0 aromatic heterocycles. The molecular formula is C13H11Br. The topological polar surface area (TPSA) is 0 Å². The number of halogens is 1. The zero-order valence-corrected chi connectivity index (χ0v) is 9.08. The Bertz CT molecular complexity index is 518. The highest BCUT2D eigenvalue weighted by Gasteiger charge is 2.02. The molecule has 0 amide bonds. The van der Waals surface area contributed by atoms with Crippen LogP contribution in [0.4, 0.5) is 0 Å². The maximum atomic E-state index is 7.61. The molecule has 0 radical (unpaired) electrons. The van der Waals surface area contributed by atoms with Gasteiger partial charge in [0.1, 0.15) is 0 Å². The van der Waals surface area contributed by atoms with Gasteiger partial charge in [-0.25, -0.2) is 0 Å². The summed E-state index contributed by atoms with van der Waals surface area (Å²) >= 11 is 3.32. The molecule has 0 spiro atoms. The second-order valence-corrected chi connectivity index (χ2v) is 3.88. The van der Waals surface area contributed by atoms with Gasteiger partial charge in [-0.3, -0.25) is 0 Å². The van der Waals surface area contributed by atoms with E-state index in [1.54, 1.807) is 6.07 Å². The van der Waals surface area contributed by atoms with Gasteiger partial charge in [-0.1, -0.05) is 58.4 Å². The highest BCUT2D eigenvalue weighted by Crippen LogP contribution is 2.27. The average molecular weight is 250 g/mol. The van der Waals surface area contributed by atoms with Gasteiger partial charge in [-0.05, 0) is 29.6 Å². The van der Waals surface area contributed by atoms with Crippen LogP contribution in [0.25, 0.3) is 11.1 Å². The van der Waals surface area contributed by atoms with Crippen LogP contribution in [0.3, 0.4) is 0 Å². The van der Waals surface area contributed by atoms with E-state index in [0.717, 1.165) is 11.1 Å². The number of hydrogen-bond donors (Lipinski definition) is 0. The molecule has 0 nitrogen and oxygen atoms in total. The van der Waals surface area contributed by atoms with Crippen LogP contribution >= 0.6 is 15.9 Å². The van der Waals surface area contributed by atoms with Crippen molar-refractivity contribution in [2.24, 2.45) is 0 Å². The molecular weight excluding hydrogens is 236 g/mol. The third-order valence-corrected chi connectivity index (χ3v) is 2.76. The number of hydrogen-bond acceptors (Lipinski definition) is 0. The van der Waals surface area contributed by atoms with Crippen molar-refractivity contribution in [3.63, 3.8) is 0 Å². The van der Waals surface area contributed by atoms with Gasteiger partial charge >= 0.3 is 0 Å². The first kappa shape index (κ1) is 6.41. The minimum Gasteiger partial charge on any atom is -0.0622 e. The highest BCUT2D eigenvalue weighted by atomic mass is 79.9. The molecule has 14 heavy (non-hydrogen) atoms. The van der Waals surface area contributed by atoms with Crippen molar-refractivity contribution in [1.82, 2.24) is 0 Å².